The zero-order chi connectivity index (χ0) is 11.4. The highest BCUT2D eigenvalue weighted by molar-refractivity contribution is 6.32. The number of hydrogen-bond donors (Lipinski definition) is 3. The Labute approximate surface area is 98.6 Å². The molecule has 2 rings (SSSR count). The van der Waals surface area contributed by atoms with E-state index in [1.54, 1.807) is 0 Å². The van der Waals surface area contributed by atoms with Crippen molar-refractivity contribution in [2.75, 3.05) is 18.4 Å². The van der Waals surface area contributed by atoms with Gasteiger partial charge in [0.15, 0.2) is 5.82 Å². The summed E-state index contributed by atoms with van der Waals surface area (Å²) in [7, 11) is 0. The van der Waals surface area contributed by atoms with Gasteiger partial charge in [-0.05, 0) is 32.4 Å². The van der Waals surface area contributed by atoms with Crippen molar-refractivity contribution in [3.63, 3.8) is 0 Å². The van der Waals surface area contributed by atoms with E-state index in [2.05, 4.69) is 20.6 Å². The summed E-state index contributed by atoms with van der Waals surface area (Å²) in [6, 6.07) is 0.335. The number of halogens is 1. The van der Waals surface area contributed by atoms with Crippen LogP contribution in [0.5, 0.6) is 0 Å². The molecule has 0 amide bonds. The van der Waals surface area contributed by atoms with Crippen LogP contribution in [0.2, 0.25) is 5.02 Å². The van der Waals surface area contributed by atoms with Gasteiger partial charge in [-0.25, -0.2) is 4.98 Å². The van der Waals surface area contributed by atoms with Crippen LogP contribution in [0.3, 0.4) is 0 Å². The number of aromatic nitrogens is 2. The topological polar surface area (TPSA) is 69.8 Å². The minimum absolute atomic E-state index is 0.139. The third kappa shape index (κ3) is 2.74. The molecule has 0 aliphatic carbocycles. The predicted octanol–water partition coefficient (Wildman–Crippen LogP) is 0.977. The van der Waals surface area contributed by atoms with Gasteiger partial charge in [0.05, 0.1) is 6.33 Å². The van der Waals surface area contributed by atoms with E-state index in [-0.39, 0.29) is 10.6 Å². The molecule has 1 aliphatic heterocycles. The molecule has 0 spiro atoms. The van der Waals surface area contributed by atoms with Gasteiger partial charge in [-0.3, -0.25) is 4.79 Å². The van der Waals surface area contributed by atoms with Gasteiger partial charge in [-0.1, -0.05) is 11.6 Å². The Bertz CT molecular complexity index is 398. The van der Waals surface area contributed by atoms with Crippen LogP contribution in [0.25, 0.3) is 0 Å². The first-order valence-corrected chi connectivity index (χ1v) is 5.85. The van der Waals surface area contributed by atoms with Crippen LogP contribution in [-0.2, 0) is 0 Å². The van der Waals surface area contributed by atoms with Gasteiger partial charge in [0.25, 0.3) is 5.56 Å². The Kier molecular flexibility index (Phi) is 3.79. The van der Waals surface area contributed by atoms with Gasteiger partial charge in [0, 0.05) is 6.04 Å². The second kappa shape index (κ2) is 5.32. The van der Waals surface area contributed by atoms with Crippen LogP contribution < -0.4 is 16.2 Å². The van der Waals surface area contributed by atoms with Crippen LogP contribution in [-0.4, -0.2) is 29.1 Å². The summed E-state index contributed by atoms with van der Waals surface area (Å²) in [5.41, 5.74) is -0.300. The molecule has 1 aromatic rings. The quantitative estimate of drug-likeness (QED) is 0.723. The Morgan fingerprint density at radius 2 is 2.31 bits per heavy atom. The summed E-state index contributed by atoms with van der Waals surface area (Å²) in [5, 5.41) is 6.69. The van der Waals surface area contributed by atoms with Crippen molar-refractivity contribution in [1.29, 1.82) is 0 Å². The highest BCUT2D eigenvalue weighted by Gasteiger charge is 2.14. The lowest BCUT2D eigenvalue weighted by Gasteiger charge is -2.16. The third-order valence-corrected chi connectivity index (χ3v) is 3.06. The fourth-order valence-corrected chi connectivity index (χ4v) is 2.00. The van der Waals surface area contributed by atoms with Crippen molar-refractivity contribution in [2.24, 2.45) is 0 Å². The lowest BCUT2D eigenvalue weighted by molar-refractivity contribution is 0.634. The molecule has 1 unspecified atom stereocenters. The molecule has 88 valence electrons. The summed E-state index contributed by atoms with van der Waals surface area (Å²) >= 11 is 5.87. The van der Waals surface area contributed by atoms with Crippen LogP contribution in [0.4, 0.5) is 5.82 Å². The molecule has 1 fully saturated rings. The number of nitrogens with zero attached hydrogens (tertiary/aromatic N) is 1. The molecular formula is C10H15ClN4O. The summed E-state index contributed by atoms with van der Waals surface area (Å²) in [5.74, 6) is 0.484. The molecule has 1 atom stereocenters. The Hall–Kier alpha value is -1.07. The molecule has 5 nitrogen and oxygen atoms in total. The minimum atomic E-state index is -0.300. The minimum Gasteiger partial charge on any atom is -0.366 e. The Morgan fingerprint density at radius 1 is 1.44 bits per heavy atom. The Balaban J connectivity index is 2.07. The van der Waals surface area contributed by atoms with Crippen LogP contribution in [0, 0.1) is 0 Å². The molecule has 2 heterocycles. The van der Waals surface area contributed by atoms with E-state index < -0.39 is 0 Å². The average molecular weight is 243 g/mol. The van der Waals surface area contributed by atoms with E-state index in [0.717, 1.165) is 32.4 Å². The van der Waals surface area contributed by atoms with Gasteiger partial charge in [0.2, 0.25) is 0 Å². The van der Waals surface area contributed by atoms with Gasteiger partial charge >= 0.3 is 0 Å². The van der Waals surface area contributed by atoms with Crippen molar-refractivity contribution < 1.29 is 0 Å². The molecule has 1 aliphatic rings. The largest absolute Gasteiger partial charge is 0.366 e. The van der Waals surface area contributed by atoms with E-state index in [0.29, 0.717) is 11.9 Å². The van der Waals surface area contributed by atoms with Crippen molar-refractivity contribution >= 4 is 17.4 Å². The second-order valence-electron chi connectivity index (χ2n) is 3.92. The number of nitrogens with one attached hydrogen (secondary N) is 3. The highest BCUT2D eigenvalue weighted by atomic mass is 35.5. The molecule has 0 bridgehead atoms. The maximum absolute atomic E-state index is 11.3. The predicted molar refractivity (Wildman–Crippen MR) is 64.0 cm³/mol. The lowest BCUT2D eigenvalue weighted by atomic mass is 10.1. The molecule has 0 saturated carbocycles. The van der Waals surface area contributed by atoms with Crippen molar-refractivity contribution in [3.8, 4) is 0 Å². The second-order valence-corrected chi connectivity index (χ2v) is 4.29. The summed E-state index contributed by atoms with van der Waals surface area (Å²) in [4.78, 5) is 17.8. The van der Waals surface area contributed by atoms with Gasteiger partial charge < -0.3 is 15.6 Å². The van der Waals surface area contributed by atoms with Crippen molar-refractivity contribution in [1.82, 2.24) is 15.3 Å². The van der Waals surface area contributed by atoms with Gasteiger partial charge in [-0.2, -0.15) is 0 Å². The summed E-state index contributed by atoms with van der Waals surface area (Å²) in [6.45, 7) is 2.03. The third-order valence-electron chi connectivity index (χ3n) is 2.71. The standard InChI is InChI=1S/C10H15ClN4O/c11-8-9(13-6-14-10(8)16)15-7-2-1-4-12-5-3-7/h6-7,12H,1-5H2,(H2,13,14,15,16). The summed E-state index contributed by atoms with van der Waals surface area (Å²) in [6.07, 6.45) is 4.58. The van der Waals surface area contributed by atoms with Crippen LogP contribution in [0.15, 0.2) is 11.1 Å². The fourth-order valence-electron chi connectivity index (χ4n) is 1.84. The maximum Gasteiger partial charge on any atom is 0.271 e. The van der Waals surface area contributed by atoms with Gasteiger partial charge in [-0.15, -0.1) is 0 Å². The molecule has 1 saturated heterocycles. The number of rotatable bonds is 2. The normalized spacial score (nSPS) is 21.4. The fraction of sp³-hybridized carbons (Fsp3) is 0.600. The molecule has 6 heteroatoms. The molecule has 0 radical (unpaired) electrons. The zero-order valence-electron chi connectivity index (χ0n) is 8.92. The lowest BCUT2D eigenvalue weighted by Crippen LogP contribution is -2.23. The van der Waals surface area contributed by atoms with E-state index >= 15 is 0 Å². The van der Waals surface area contributed by atoms with Gasteiger partial charge in [0.1, 0.15) is 5.02 Å². The smallest absolute Gasteiger partial charge is 0.271 e. The first kappa shape index (κ1) is 11.4. The average Bonchev–Trinajstić information content (AvgIpc) is 2.53. The first-order valence-electron chi connectivity index (χ1n) is 5.48. The summed E-state index contributed by atoms with van der Waals surface area (Å²) < 4.78 is 0. The van der Waals surface area contributed by atoms with Crippen molar-refractivity contribution in [2.45, 2.75) is 25.3 Å². The number of aromatic amines is 1. The van der Waals surface area contributed by atoms with Crippen LogP contribution >= 0.6 is 11.6 Å². The molecular weight excluding hydrogens is 228 g/mol. The molecule has 16 heavy (non-hydrogen) atoms. The molecule has 3 N–H and O–H groups in total. The van der Waals surface area contributed by atoms with E-state index in [1.807, 2.05) is 0 Å². The van der Waals surface area contributed by atoms with E-state index in [4.69, 9.17) is 11.6 Å². The SMILES string of the molecule is O=c1[nH]cnc(NC2CCCNCC2)c1Cl. The zero-order valence-corrected chi connectivity index (χ0v) is 9.68. The monoisotopic (exact) mass is 242 g/mol. The highest BCUT2D eigenvalue weighted by Crippen LogP contribution is 2.17. The number of hydrogen-bond acceptors (Lipinski definition) is 4. The number of anilines is 1. The maximum atomic E-state index is 11.3. The molecule has 0 aromatic carbocycles. The molecule has 1 aromatic heterocycles. The Morgan fingerprint density at radius 3 is 3.19 bits per heavy atom. The number of H-pyrrole nitrogens is 1. The van der Waals surface area contributed by atoms with Crippen molar-refractivity contribution in [3.05, 3.63) is 21.7 Å². The first-order chi connectivity index (χ1) is 7.77. The van der Waals surface area contributed by atoms with Crippen LogP contribution in [0.1, 0.15) is 19.3 Å². The van der Waals surface area contributed by atoms with E-state index in [9.17, 15) is 4.79 Å². The van der Waals surface area contributed by atoms with E-state index in [1.165, 1.54) is 6.33 Å².